The van der Waals surface area contributed by atoms with Crippen molar-refractivity contribution in [2.75, 3.05) is 18.5 Å². The topological polar surface area (TPSA) is 85.1 Å². The number of nitrogens with zero attached hydrogens (tertiary/aromatic N) is 4. The van der Waals surface area contributed by atoms with E-state index in [9.17, 15) is 5.11 Å². The number of hydrogen-bond acceptors (Lipinski definition) is 6. The number of aromatic hydroxyl groups is 1. The summed E-state index contributed by atoms with van der Waals surface area (Å²) in [4.78, 5) is 13.8. The molecule has 2 aromatic carbocycles. The van der Waals surface area contributed by atoms with Crippen LogP contribution in [0.4, 0.5) is 5.82 Å². The number of rotatable bonds is 5. The van der Waals surface area contributed by atoms with Gasteiger partial charge in [-0.05, 0) is 44.0 Å². The molecular weight excluding hydrogens is 541 g/mol. The summed E-state index contributed by atoms with van der Waals surface area (Å²) >= 11 is 8.46. The molecule has 2 N–H and O–H groups in total. The maximum atomic E-state index is 10.4. The van der Waals surface area contributed by atoms with Gasteiger partial charge in [0.1, 0.15) is 12.4 Å². The van der Waals surface area contributed by atoms with Crippen LogP contribution in [-0.4, -0.2) is 37.8 Å². The fourth-order valence-electron chi connectivity index (χ4n) is 3.94. The first-order chi connectivity index (χ1) is 15.3. The highest BCUT2D eigenvalue weighted by Gasteiger charge is 2.36. The van der Waals surface area contributed by atoms with Gasteiger partial charge in [-0.2, -0.15) is 4.98 Å². The minimum atomic E-state index is -0.208. The van der Waals surface area contributed by atoms with Crippen LogP contribution in [0.25, 0.3) is 22.3 Å². The zero-order valence-electron chi connectivity index (χ0n) is 17.6. The molecule has 0 aliphatic carbocycles. The number of halogens is 2. The van der Waals surface area contributed by atoms with E-state index in [1.807, 2.05) is 41.0 Å². The summed E-state index contributed by atoms with van der Waals surface area (Å²) in [6, 6.07) is 13.7. The first kappa shape index (κ1) is 21.3. The number of phenols is 1. The summed E-state index contributed by atoms with van der Waals surface area (Å²) in [6.07, 6.45) is 0.732. The van der Waals surface area contributed by atoms with Gasteiger partial charge in [-0.15, -0.1) is 0 Å². The van der Waals surface area contributed by atoms with Crippen LogP contribution >= 0.6 is 34.2 Å². The number of anilines is 1. The molecule has 3 heterocycles. The summed E-state index contributed by atoms with van der Waals surface area (Å²) < 4.78 is 8.44. The van der Waals surface area contributed by atoms with Crippen LogP contribution in [0.1, 0.15) is 19.4 Å². The fourth-order valence-corrected chi connectivity index (χ4v) is 4.65. The second-order valence-corrected chi connectivity index (χ2v) is 9.72. The zero-order valence-corrected chi connectivity index (χ0v) is 20.5. The third-order valence-corrected chi connectivity index (χ3v) is 6.35. The normalized spacial score (nSPS) is 14.4. The quantitative estimate of drug-likeness (QED) is 0.256. The van der Waals surface area contributed by atoms with Crippen LogP contribution in [0.3, 0.4) is 0 Å². The van der Waals surface area contributed by atoms with Crippen molar-refractivity contribution in [1.82, 2.24) is 19.5 Å². The Labute approximate surface area is 204 Å². The SMILES string of the molecule is CC1(C)COc2nc3c(NCCc4ccc(O)c(-c5ccccc5Cl)c4)nc(I)nc3n21. The third kappa shape index (κ3) is 3.75. The number of hydrogen-bond donors (Lipinski definition) is 2. The van der Waals surface area contributed by atoms with E-state index in [0.29, 0.717) is 39.4 Å². The van der Waals surface area contributed by atoms with E-state index in [4.69, 9.17) is 16.3 Å². The van der Waals surface area contributed by atoms with Crippen LogP contribution < -0.4 is 10.1 Å². The lowest BCUT2D eigenvalue weighted by atomic mass is 10.0. The molecular formula is C23H21ClIN5O2. The number of fused-ring (bicyclic) bond motifs is 3. The molecule has 1 aliphatic rings. The molecule has 0 saturated heterocycles. The Morgan fingerprint density at radius 3 is 2.78 bits per heavy atom. The van der Waals surface area contributed by atoms with Gasteiger partial charge < -0.3 is 15.2 Å². The number of ether oxygens (including phenoxy) is 1. The van der Waals surface area contributed by atoms with Crippen molar-refractivity contribution < 1.29 is 9.84 Å². The predicted molar refractivity (Wildman–Crippen MR) is 134 cm³/mol. The fraction of sp³-hybridized carbons (Fsp3) is 0.261. The molecule has 32 heavy (non-hydrogen) atoms. The average Bonchev–Trinajstić information content (AvgIpc) is 3.27. The molecule has 0 unspecified atom stereocenters. The summed E-state index contributed by atoms with van der Waals surface area (Å²) in [5, 5.41) is 14.4. The van der Waals surface area contributed by atoms with Gasteiger partial charge in [-0.1, -0.05) is 35.9 Å². The highest BCUT2D eigenvalue weighted by molar-refractivity contribution is 14.1. The molecule has 0 radical (unpaired) electrons. The second kappa shape index (κ2) is 8.08. The summed E-state index contributed by atoms with van der Waals surface area (Å²) in [5.41, 5.74) is 3.87. The van der Waals surface area contributed by atoms with Gasteiger partial charge in [0.25, 0.3) is 6.01 Å². The first-order valence-electron chi connectivity index (χ1n) is 10.2. The first-order valence-corrected chi connectivity index (χ1v) is 11.7. The molecule has 4 aromatic rings. The highest BCUT2D eigenvalue weighted by Crippen LogP contribution is 2.37. The molecule has 0 atom stereocenters. The monoisotopic (exact) mass is 561 g/mol. The van der Waals surface area contributed by atoms with Crippen LogP contribution in [0.5, 0.6) is 11.8 Å². The number of nitrogens with one attached hydrogen (secondary N) is 1. The van der Waals surface area contributed by atoms with Crippen LogP contribution in [0.15, 0.2) is 42.5 Å². The van der Waals surface area contributed by atoms with Gasteiger partial charge in [0.15, 0.2) is 20.8 Å². The van der Waals surface area contributed by atoms with Crippen LogP contribution in [-0.2, 0) is 12.0 Å². The lowest BCUT2D eigenvalue weighted by molar-refractivity contribution is 0.268. The van der Waals surface area contributed by atoms with E-state index in [2.05, 4.69) is 56.7 Å². The minimum Gasteiger partial charge on any atom is -0.507 e. The Balaban J connectivity index is 1.39. The summed E-state index contributed by atoms with van der Waals surface area (Å²) in [6.45, 7) is 5.42. The van der Waals surface area contributed by atoms with E-state index in [0.717, 1.165) is 28.8 Å². The lowest BCUT2D eigenvalue weighted by Crippen LogP contribution is -2.26. The van der Waals surface area contributed by atoms with Crippen molar-refractivity contribution in [2.45, 2.75) is 25.8 Å². The van der Waals surface area contributed by atoms with E-state index >= 15 is 0 Å². The average molecular weight is 562 g/mol. The Morgan fingerprint density at radius 1 is 1.16 bits per heavy atom. The van der Waals surface area contributed by atoms with Crippen molar-refractivity contribution >= 4 is 51.2 Å². The smallest absolute Gasteiger partial charge is 0.299 e. The minimum absolute atomic E-state index is 0.206. The Kier molecular flexibility index (Phi) is 5.37. The summed E-state index contributed by atoms with van der Waals surface area (Å²) in [5.74, 6) is 0.891. The lowest BCUT2D eigenvalue weighted by Gasteiger charge is -2.18. The van der Waals surface area contributed by atoms with Crippen LogP contribution in [0, 0.1) is 3.83 Å². The molecule has 164 valence electrons. The molecule has 0 amide bonds. The third-order valence-electron chi connectivity index (χ3n) is 5.54. The molecule has 2 aromatic heterocycles. The molecule has 0 spiro atoms. The number of benzene rings is 2. The van der Waals surface area contributed by atoms with Gasteiger partial charge in [-0.3, -0.25) is 4.57 Å². The van der Waals surface area contributed by atoms with Gasteiger partial charge >= 0.3 is 0 Å². The zero-order chi connectivity index (χ0) is 22.5. The van der Waals surface area contributed by atoms with Crippen LogP contribution in [0.2, 0.25) is 5.02 Å². The Bertz CT molecular complexity index is 1340. The molecule has 9 heteroatoms. The van der Waals surface area contributed by atoms with Crippen molar-refractivity contribution in [3.05, 3.63) is 56.9 Å². The molecule has 0 fully saturated rings. The number of aromatic nitrogens is 4. The largest absolute Gasteiger partial charge is 0.507 e. The van der Waals surface area contributed by atoms with E-state index in [1.54, 1.807) is 6.07 Å². The predicted octanol–water partition coefficient (Wildman–Crippen LogP) is 5.24. The maximum Gasteiger partial charge on any atom is 0.299 e. The van der Waals surface area contributed by atoms with Crippen molar-refractivity contribution in [1.29, 1.82) is 0 Å². The molecule has 7 nitrogen and oxygen atoms in total. The van der Waals surface area contributed by atoms with Gasteiger partial charge in [0.05, 0.1) is 5.54 Å². The number of imidazole rings is 1. The maximum absolute atomic E-state index is 10.4. The van der Waals surface area contributed by atoms with Gasteiger partial charge in [0.2, 0.25) is 0 Å². The van der Waals surface area contributed by atoms with Crippen molar-refractivity contribution in [3.8, 4) is 22.9 Å². The van der Waals surface area contributed by atoms with Crippen molar-refractivity contribution in [2.24, 2.45) is 0 Å². The molecule has 0 saturated carbocycles. The Morgan fingerprint density at radius 2 is 1.97 bits per heavy atom. The van der Waals surface area contributed by atoms with Gasteiger partial charge in [0, 0.05) is 45.3 Å². The van der Waals surface area contributed by atoms with Gasteiger partial charge in [-0.25, -0.2) is 9.97 Å². The molecule has 5 rings (SSSR count). The van der Waals surface area contributed by atoms with E-state index in [-0.39, 0.29) is 11.3 Å². The standard InChI is InChI=1S/C23H21ClIN5O2/c1-23(2)12-32-22-27-18-19(28-21(25)29-20(18)30(22)23)26-10-9-13-7-8-17(31)15(11-13)14-5-3-4-6-16(14)24/h3-8,11,31H,9-10,12H2,1-2H3,(H,26,28,29). The molecule has 1 aliphatic heterocycles. The molecule has 0 bridgehead atoms. The Hall–Kier alpha value is -2.59. The number of phenolic OH excluding ortho intramolecular Hbond substituents is 1. The van der Waals surface area contributed by atoms with Crippen molar-refractivity contribution in [3.63, 3.8) is 0 Å². The van der Waals surface area contributed by atoms with E-state index in [1.165, 1.54) is 0 Å². The highest BCUT2D eigenvalue weighted by atomic mass is 127. The second-order valence-electron chi connectivity index (χ2n) is 8.35. The summed E-state index contributed by atoms with van der Waals surface area (Å²) in [7, 11) is 0. The van der Waals surface area contributed by atoms with E-state index < -0.39 is 0 Å².